The van der Waals surface area contributed by atoms with Crippen LogP contribution in [0.25, 0.3) is 0 Å². The second-order valence-corrected chi connectivity index (χ2v) is 8.39. The van der Waals surface area contributed by atoms with E-state index in [4.69, 9.17) is 0 Å². The van der Waals surface area contributed by atoms with Crippen molar-refractivity contribution in [3.63, 3.8) is 0 Å². The van der Waals surface area contributed by atoms with E-state index in [2.05, 4.69) is 59.8 Å². The topological polar surface area (TPSA) is 0 Å². The van der Waals surface area contributed by atoms with Crippen molar-refractivity contribution < 1.29 is 48.7 Å². The van der Waals surface area contributed by atoms with Crippen LogP contribution >= 0.6 is 0 Å². The molecule has 2 rings (SSSR count). The molecule has 20 heavy (non-hydrogen) atoms. The van der Waals surface area contributed by atoms with Crippen molar-refractivity contribution in [1.29, 1.82) is 0 Å². The van der Waals surface area contributed by atoms with Gasteiger partial charge in [-0.15, -0.1) is 13.3 Å². The fraction of sp³-hybridized carbons (Fsp3) is 0.471. The minimum atomic E-state index is 0. The van der Waals surface area contributed by atoms with Gasteiger partial charge in [-0.05, 0) is 0 Å². The summed E-state index contributed by atoms with van der Waals surface area (Å²) < 4.78 is 1.56. The summed E-state index contributed by atoms with van der Waals surface area (Å²) in [6, 6.07) is 0. The number of hydrogen-bond donors (Lipinski definition) is 0. The van der Waals surface area contributed by atoms with Crippen molar-refractivity contribution in [1.82, 2.24) is 0 Å². The number of allylic oxidation sites excluding steroid dienone is 8. The fourth-order valence-corrected chi connectivity index (χ4v) is 1.50. The van der Waals surface area contributed by atoms with Crippen LogP contribution in [0.3, 0.4) is 0 Å². The third kappa shape index (κ3) is 12.1. The van der Waals surface area contributed by atoms with Crippen molar-refractivity contribution in [2.45, 2.75) is 48.0 Å². The summed E-state index contributed by atoms with van der Waals surface area (Å²) in [7, 11) is 0. The molecule has 0 aromatic rings. The molecule has 0 saturated carbocycles. The molecule has 0 nitrogen and oxygen atoms in total. The van der Waals surface area contributed by atoms with Gasteiger partial charge in [-0.2, -0.15) is 17.2 Å². The first kappa shape index (κ1) is 25.2. The predicted molar refractivity (Wildman–Crippen MR) is 77.9 cm³/mol. The molecule has 0 saturated heterocycles. The Morgan fingerprint density at radius 1 is 1.20 bits per heavy atom. The van der Waals surface area contributed by atoms with Crippen molar-refractivity contribution >= 4 is 3.26 Å². The van der Waals surface area contributed by atoms with Gasteiger partial charge < -0.3 is 24.8 Å². The van der Waals surface area contributed by atoms with Crippen molar-refractivity contribution in [2.75, 3.05) is 0 Å². The van der Waals surface area contributed by atoms with Gasteiger partial charge in [0.2, 0.25) is 0 Å². The Morgan fingerprint density at radius 3 is 1.80 bits per heavy atom. The molecule has 2 aliphatic rings. The maximum Gasteiger partial charge on any atom is -0.109 e. The standard InChI is InChI=1S/C9H13.C5H5.C3H6.2ClH.Hf/c1-6-5-7(2)9(4)8(6)3;1-2-4-5-3-1;1-3-2;;;/h6H,1-4H3;1-3H,4H2;1-2H3;2*1H;/q2*-1;;;;+2/p-2. The van der Waals surface area contributed by atoms with Gasteiger partial charge in [-0.1, -0.05) is 26.7 Å². The van der Waals surface area contributed by atoms with Crippen molar-refractivity contribution in [3.8, 4) is 0 Å². The molecule has 112 valence electrons. The predicted octanol–water partition coefficient (Wildman–Crippen LogP) is -1.22. The van der Waals surface area contributed by atoms with E-state index < -0.39 is 0 Å². The average molecular weight is 478 g/mol. The molecule has 0 aliphatic heterocycles. The van der Waals surface area contributed by atoms with Crippen LogP contribution in [0.4, 0.5) is 0 Å². The van der Waals surface area contributed by atoms with Crippen molar-refractivity contribution in [3.05, 3.63) is 47.1 Å². The molecular weight excluding hydrogens is 454 g/mol. The summed E-state index contributed by atoms with van der Waals surface area (Å²) in [5.41, 5.74) is 4.25. The monoisotopic (exact) mass is 478 g/mol. The van der Waals surface area contributed by atoms with E-state index in [-0.39, 0.29) is 24.8 Å². The van der Waals surface area contributed by atoms with Crippen LogP contribution in [0.1, 0.15) is 48.0 Å². The van der Waals surface area contributed by atoms with Gasteiger partial charge in [-0.3, -0.25) is 12.2 Å². The molecule has 0 spiro atoms. The van der Waals surface area contributed by atoms with E-state index >= 15 is 0 Å². The summed E-state index contributed by atoms with van der Waals surface area (Å²) in [4.78, 5) is 0. The van der Waals surface area contributed by atoms with Crippen molar-refractivity contribution in [2.24, 2.45) is 5.92 Å². The Morgan fingerprint density at radius 2 is 1.70 bits per heavy atom. The summed E-state index contributed by atoms with van der Waals surface area (Å²) >= 11 is 1.27. The fourth-order valence-electron chi connectivity index (χ4n) is 1.50. The van der Waals surface area contributed by atoms with Crippen LogP contribution < -0.4 is 24.8 Å². The molecule has 0 heterocycles. The Hall–Kier alpha value is 0.280. The van der Waals surface area contributed by atoms with Gasteiger partial charge >= 0.3 is 41.0 Å². The van der Waals surface area contributed by atoms with Gasteiger partial charge in [0.15, 0.2) is 0 Å². The molecule has 0 fully saturated rings. The minimum absolute atomic E-state index is 0. The average Bonchev–Trinajstić information content (AvgIpc) is 2.89. The molecule has 2 aliphatic carbocycles. The zero-order chi connectivity index (χ0) is 14.1. The maximum atomic E-state index is 3.36. The number of rotatable bonds is 0. The smallest absolute Gasteiger partial charge is 0.109 e. The van der Waals surface area contributed by atoms with E-state index in [1.165, 1.54) is 40.6 Å². The minimum Gasteiger partial charge on any atom is -1.00 e. The molecule has 0 aromatic carbocycles. The van der Waals surface area contributed by atoms with E-state index in [9.17, 15) is 0 Å². The van der Waals surface area contributed by atoms with E-state index in [0.717, 1.165) is 6.42 Å². The van der Waals surface area contributed by atoms with Crippen LogP contribution in [0.5, 0.6) is 0 Å². The molecule has 0 bridgehead atoms. The van der Waals surface area contributed by atoms with E-state index in [0.29, 0.717) is 5.92 Å². The van der Waals surface area contributed by atoms with Crippen LogP contribution in [0, 0.1) is 18.1 Å². The molecule has 3 heteroatoms. The summed E-state index contributed by atoms with van der Waals surface area (Å²) in [5, 5.41) is 0. The van der Waals surface area contributed by atoms with Crippen LogP contribution in [0.2, 0.25) is 0 Å². The largest absolute Gasteiger partial charge is 1.00 e. The quantitative estimate of drug-likeness (QED) is 0.303. The van der Waals surface area contributed by atoms with Gasteiger partial charge in [-0.25, -0.2) is 17.7 Å². The summed E-state index contributed by atoms with van der Waals surface area (Å²) in [6.45, 7) is 13.0. The van der Waals surface area contributed by atoms with Gasteiger partial charge in [0.05, 0.1) is 0 Å². The Balaban J connectivity index is -0.000000228. The first-order valence-corrected chi connectivity index (χ1v) is 8.17. The second kappa shape index (κ2) is 14.2. The molecule has 1 unspecified atom stereocenters. The Kier molecular flexibility index (Phi) is 18.0. The van der Waals surface area contributed by atoms with Gasteiger partial charge in [0.25, 0.3) is 0 Å². The normalized spacial score (nSPS) is 18.0. The molecule has 0 aromatic heterocycles. The third-order valence-electron chi connectivity index (χ3n) is 2.82. The number of halogens is 2. The zero-order valence-electron chi connectivity index (χ0n) is 13.3. The first-order valence-electron chi connectivity index (χ1n) is 6.37. The van der Waals surface area contributed by atoms with E-state index in [1.54, 1.807) is 3.26 Å². The van der Waals surface area contributed by atoms with Gasteiger partial charge in [0.1, 0.15) is 0 Å². The first-order chi connectivity index (χ1) is 8.36. The van der Waals surface area contributed by atoms with E-state index in [1.807, 2.05) is 12.2 Å². The van der Waals surface area contributed by atoms with Crippen LogP contribution in [-0.4, -0.2) is 3.26 Å². The molecule has 0 radical (unpaired) electrons. The molecule has 0 amide bonds. The zero-order valence-corrected chi connectivity index (χ0v) is 18.4. The Labute approximate surface area is 152 Å². The summed E-state index contributed by atoms with van der Waals surface area (Å²) in [5.74, 6) is 0.560. The molecule has 1 atom stereocenters. The maximum absolute atomic E-state index is 3.36. The van der Waals surface area contributed by atoms with Crippen LogP contribution in [0.15, 0.2) is 34.9 Å². The second-order valence-electron chi connectivity index (χ2n) is 4.80. The Bertz CT molecular complexity index is 387. The van der Waals surface area contributed by atoms with Gasteiger partial charge in [0, 0.05) is 0 Å². The summed E-state index contributed by atoms with van der Waals surface area (Å²) in [6.07, 6.45) is 13.4. The third-order valence-corrected chi connectivity index (χ3v) is 2.82. The molecular formula is C17H24Cl2Hf-2. The number of hydrogen-bond acceptors (Lipinski definition) is 0. The SMILES string of the molecule is CC1=[C-]C(C)C(C)=C1C.C[C](C)=[Hf+2].[C-]1=CC=CC1.[Cl-].[Cl-]. The molecule has 0 N–H and O–H groups in total. The van der Waals surface area contributed by atoms with Crippen LogP contribution in [-0.2, 0) is 23.9 Å².